The van der Waals surface area contributed by atoms with Crippen molar-refractivity contribution < 1.29 is 18.8 Å². The molecule has 3 amide bonds. The zero-order chi connectivity index (χ0) is 17.8. The summed E-state index contributed by atoms with van der Waals surface area (Å²) in [6, 6.07) is 12.3. The van der Waals surface area contributed by atoms with E-state index in [9.17, 15) is 18.8 Å². The zero-order valence-electron chi connectivity index (χ0n) is 13.5. The number of imide groups is 1. The van der Waals surface area contributed by atoms with Gasteiger partial charge < -0.3 is 5.32 Å². The second kappa shape index (κ2) is 7.25. The highest BCUT2D eigenvalue weighted by atomic mass is 19.1. The van der Waals surface area contributed by atoms with Gasteiger partial charge in [0.2, 0.25) is 11.8 Å². The number of nitrogens with one attached hydrogen (secondary N) is 1. The summed E-state index contributed by atoms with van der Waals surface area (Å²) in [7, 11) is 0. The number of benzene rings is 2. The van der Waals surface area contributed by atoms with Gasteiger partial charge in [-0.3, -0.25) is 19.3 Å². The van der Waals surface area contributed by atoms with E-state index in [0.29, 0.717) is 24.9 Å². The fourth-order valence-corrected chi connectivity index (χ4v) is 2.69. The predicted octanol–water partition coefficient (Wildman–Crippen LogP) is 3.12. The summed E-state index contributed by atoms with van der Waals surface area (Å²) >= 11 is 0. The lowest BCUT2D eigenvalue weighted by Crippen LogP contribution is -2.39. The third kappa shape index (κ3) is 4.09. The van der Waals surface area contributed by atoms with E-state index in [4.69, 9.17) is 0 Å². The predicted molar refractivity (Wildman–Crippen MR) is 90.2 cm³/mol. The molecule has 128 valence electrons. The number of hydrogen-bond donors (Lipinski definition) is 1. The average Bonchev–Trinajstić information content (AvgIpc) is 2.60. The van der Waals surface area contributed by atoms with E-state index in [-0.39, 0.29) is 23.9 Å². The molecular weight excluding hydrogens is 323 g/mol. The third-order valence-electron chi connectivity index (χ3n) is 4.02. The van der Waals surface area contributed by atoms with Gasteiger partial charge in [-0.05, 0) is 42.3 Å². The highest BCUT2D eigenvalue weighted by Gasteiger charge is 2.25. The van der Waals surface area contributed by atoms with Crippen LogP contribution in [0.1, 0.15) is 35.2 Å². The number of likely N-dealkylation sites (tertiary alicyclic amines) is 1. The first-order valence-electron chi connectivity index (χ1n) is 8.02. The molecule has 6 heteroatoms. The fraction of sp³-hybridized carbons (Fsp3) is 0.211. The molecule has 2 aromatic carbocycles. The minimum absolute atomic E-state index is 0.153. The highest BCUT2D eigenvalue weighted by Crippen LogP contribution is 2.18. The van der Waals surface area contributed by atoms with Crippen molar-refractivity contribution in [2.24, 2.45) is 0 Å². The van der Waals surface area contributed by atoms with Crippen molar-refractivity contribution >= 4 is 23.4 Å². The standard InChI is InChI=1S/C19H17FN2O3/c20-15-4-1-3-14(11-15)19(25)21-16-9-7-13(8-10-16)12-22-17(23)5-2-6-18(22)24/h1,3-4,7-11H,2,5-6,12H2,(H,21,25). The molecule has 0 aromatic heterocycles. The van der Waals surface area contributed by atoms with Gasteiger partial charge in [-0.25, -0.2) is 4.39 Å². The molecule has 3 rings (SSSR count). The Hall–Kier alpha value is -3.02. The largest absolute Gasteiger partial charge is 0.322 e. The van der Waals surface area contributed by atoms with E-state index in [2.05, 4.69) is 5.32 Å². The molecule has 0 unspecified atom stereocenters. The molecule has 1 aliphatic heterocycles. The van der Waals surface area contributed by atoms with Gasteiger partial charge in [-0.15, -0.1) is 0 Å². The van der Waals surface area contributed by atoms with Gasteiger partial charge in [-0.2, -0.15) is 0 Å². The Labute approximate surface area is 144 Å². The van der Waals surface area contributed by atoms with Crippen LogP contribution in [-0.2, 0) is 16.1 Å². The Kier molecular flexibility index (Phi) is 4.88. The van der Waals surface area contributed by atoms with Crippen molar-refractivity contribution in [2.75, 3.05) is 5.32 Å². The summed E-state index contributed by atoms with van der Waals surface area (Å²) in [5, 5.41) is 2.68. The Morgan fingerprint density at radius 1 is 1.04 bits per heavy atom. The number of carbonyl (C=O) groups excluding carboxylic acids is 3. The highest BCUT2D eigenvalue weighted by molar-refractivity contribution is 6.04. The number of piperidine rings is 1. The van der Waals surface area contributed by atoms with Crippen molar-refractivity contribution in [3.63, 3.8) is 0 Å². The van der Waals surface area contributed by atoms with Gasteiger partial charge in [0, 0.05) is 24.1 Å². The van der Waals surface area contributed by atoms with Crippen LogP contribution in [0.4, 0.5) is 10.1 Å². The number of carbonyl (C=O) groups is 3. The topological polar surface area (TPSA) is 66.5 Å². The monoisotopic (exact) mass is 340 g/mol. The van der Waals surface area contributed by atoms with E-state index in [1.165, 1.54) is 23.1 Å². The first kappa shape index (κ1) is 16.8. The quantitative estimate of drug-likeness (QED) is 0.870. The summed E-state index contributed by atoms with van der Waals surface area (Å²) in [6.45, 7) is 0.232. The van der Waals surface area contributed by atoms with Crippen LogP contribution < -0.4 is 5.32 Å². The van der Waals surface area contributed by atoms with E-state index < -0.39 is 11.7 Å². The van der Waals surface area contributed by atoms with Crippen molar-refractivity contribution in [3.8, 4) is 0 Å². The molecular formula is C19H17FN2O3. The summed E-state index contributed by atoms with van der Waals surface area (Å²) < 4.78 is 13.2. The number of amides is 3. The van der Waals surface area contributed by atoms with Gasteiger partial charge >= 0.3 is 0 Å². The van der Waals surface area contributed by atoms with Crippen molar-refractivity contribution in [2.45, 2.75) is 25.8 Å². The Bertz CT molecular complexity index is 802. The average molecular weight is 340 g/mol. The third-order valence-corrected chi connectivity index (χ3v) is 4.02. The Morgan fingerprint density at radius 3 is 2.36 bits per heavy atom. The molecule has 0 bridgehead atoms. The molecule has 0 saturated carbocycles. The maximum absolute atomic E-state index is 13.2. The van der Waals surface area contributed by atoms with Gasteiger partial charge in [-0.1, -0.05) is 18.2 Å². The maximum atomic E-state index is 13.2. The van der Waals surface area contributed by atoms with Crippen LogP contribution in [-0.4, -0.2) is 22.6 Å². The van der Waals surface area contributed by atoms with E-state index in [1.54, 1.807) is 24.3 Å². The minimum atomic E-state index is -0.473. The molecule has 2 aromatic rings. The van der Waals surface area contributed by atoms with E-state index in [0.717, 1.165) is 11.6 Å². The summed E-state index contributed by atoms with van der Waals surface area (Å²) in [5.74, 6) is -1.19. The molecule has 0 aliphatic carbocycles. The second-order valence-corrected chi connectivity index (χ2v) is 5.89. The summed E-state index contributed by atoms with van der Waals surface area (Å²) in [4.78, 5) is 37.0. The second-order valence-electron chi connectivity index (χ2n) is 5.89. The Balaban J connectivity index is 1.65. The van der Waals surface area contributed by atoms with Gasteiger partial charge in [0.05, 0.1) is 6.54 Å². The molecule has 1 N–H and O–H groups in total. The molecule has 5 nitrogen and oxygen atoms in total. The fourth-order valence-electron chi connectivity index (χ4n) is 2.69. The van der Waals surface area contributed by atoms with Crippen molar-refractivity contribution in [3.05, 3.63) is 65.5 Å². The van der Waals surface area contributed by atoms with E-state index in [1.807, 2.05) is 0 Å². The Morgan fingerprint density at radius 2 is 1.72 bits per heavy atom. The SMILES string of the molecule is O=C(Nc1ccc(CN2C(=O)CCCC2=O)cc1)c1cccc(F)c1. The number of nitrogens with zero attached hydrogens (tertiary/aromatic N) is 1. The van der Waals surface area contributed by atoms with E-state index >= 15 is 0 Å². The molecule has 25 heavy (non-hydrogen) atoms. The van der Waals surface area contributed by atoms with Crippen LogP contribution in [0, 0.1) is 5.82 Å². The molecule has 1 saturated heterocycles. The van der Waals surface area contributed by atoms with Crippen LogP contribution in [0.5, 0.6) is 0 Å². The molecule has 1 aliphatic rings. The lowest BCUT2D eigenvalue weighted by Gasteiger charge is -2.24. The smallest absolute Gasteiger partial charge is 0.255 e. The normalized spacial score (nSPS) is 14.5. The van der Waals surface area contributed by atoms with Crippen LogP contribution in [0.25, 0.3) is 0 Å². The van der Waals surface area contributed by atoms with Crippen LogP contribution in [0.2, 0.25) is 0 Å². The van der Waals surface area contributed by atoms with Gasteiger partial charge in [0.1, 0.15) is 5.82 Å². The summed E-state index contributed by atoms with van der Waals surface area (Å²) in [5.41, 5.74) is 1.58. The van der Waals surface area contributed by atoms with Crippen LogP contribution >= 0.6 is 0 Å². The molecule has 0 spiro atoms. The van der Waals surface area contributed by atoms with Crippen LogP contribution in [0.15, 0.2) is 48.5 Å². The molecule has 0 radical (unpaired) electrons. The molecule has 1 fully saturated rings. The van der Waals surface area contributed by atoms with Crippen molar-refractivity contribution in [1.29, 1.82) is 0 Å². The maximum Gasteiger partial charge on any atom is 0.255 e. The summed E-state index contributed by atoms with van der Waals surface area (Å²) in [6.07, 6.45) is 1.40. The minimum Gasteiger partial charge on any atom is -0.322 e. The lowest BCUT2D eigenvalue weighted by molar-refractivity contribution is -0.148. The zero-order valence-corrected chi connectivity index (χ0v) is 13.5. The number of rotatable bonds is 4. The first-order valence-corrected chi connectivity index (χ1v) is 8.02. The van der Waals surface area contributed by atoms with Gasteiger partial charge in [0.15, 0.2) is 0 Å². The number of hydrogen-bond acceptors (Lipinski definition) is 3. The molecule has 1 heterocycles. The van der Waals surface area contributed by atoms with Gasteiger partial charge in [0.25, 0.3) is 5.91 Å². The first-order chi connectivity index (χ1) is 12.0. The van der Waals surface area contributed by atoms with Crippen molar-refractivity contribution in [1.82, 2.24) is 4.90 Å². The molecule has 0 atom stereocenters. The number of anilines is 1. The lowest BCUT2D eigenvalue weighted by atomic mass is 10.1. The number of halogens is 1. The van der Waals surface area contributed by atoms with Crippen LogP contribution in [0.3, 0.4) is 0 Å².